The van der Waals surface area contributed by atoms with Crippen LogP contribution in [0.3, 0.4) is 0 Å². The molecule has 0 spiro atoms. The molecular weight excluding hydrogens is 532 g/mol. The van der Waals surface area contributed by atoms with Gasteiger partial charge in [0, 0.05) is 17.5 Å². The molecule has 202 valence electrons. The Hall–Kier alpha value is -3.89. The molecule has 0 saturated heterocycles. The fourth-order valence-corrected chi connectivity index (χ4v) is 5.73. The van der Waals surface area contributed by atoms with Gasteiger partial charge in [-0.25, -0.2) is 4.79 Å². The second-order valence-electron chi connectivity index (χ2n) is 8.69. The summed E-state index contributed by atoms with van der Waals surface area (Å²) in [7, 11) is 0. The van der Waals surface area contributed by atoms with E-state index in [1.807, 2.05) is 66.3 Å². The van der Waals surface area contributed by atoms with Crippen LogP contribution in [0.5, 0.6) is 5.75 Å². The lowest BCUT2D eigenvalue weighted by atomic mass is 10.0. The van der Waals surface area contributed by atoms with E-state index >= 15 is 0 Å². The van der Waals surface area contributed by atoms with E-state index in [2.05, 4.69) is 28.2 Å². The van der Waals surface area contributed by atoms with Crippen molar-refractivity contribution in [3.63, 3.8) is 0 Å². The van der Waals surface area contributed by atoms with E-state index in [9.17, 15) is 9.59 Å². The smallest absolute Gasteiger partial charge is 0.341 e. The van der Waals surface area contributed by atoms with Gasteiger partial charge in [-0.3, -0.25) is 9.36 Å². The van der Waals surface area contributed by atoms with E-state index in [0.717, 1.165) is 28.0 Å². The van der Waals surface area contributed by atoms with Gasteiger partial charge in [-0.15, -0.1) is 28.1 Å². The maximum Gasteiger partial charge on any atom is 0.341 e. The Kier molecular flexibility index (Phi) is 9.56. The van der Waals surface area contributed by atoms with Crippen LogP contribution in [-0.4, -0.2) is 39.0 Å². The number of thiophene rings is 1. The van der Waals surface area contributed by atoms with Crippen molar-refractivity contribution in [2.45, 2.75) is 39.1 Å². The number of thioether (sulfide) groups is 1. The Bertz CT molecular complexity index is 1440. The predicted molar refractivity (Wildman–Crippen MR) is 156 cm³/mol. The highest BCUT2D eigenvalue weighted by Gasteiger charge is 2.23. The van der Waals surface area contributed by atoms with Crippen LogP contribution < -0.4 is 10.1 Å². The third-order valence-electron chi connectivity index (χ3n) is 5.61. The normalized spacial score (nSPS) is 10.7. The van der Waals surface area contributed by atoms with E-state index in [0.29, 0.717) is 28.1 Å². The average molecular weight is 563 g/mol. The van der Waals surface area contributed by atoms with Crippen molar-refractivity contribution in [2.75, 3.05) is 17.7 Å². The summed E-state index contributed by atoms with van der Waals surface area (Å²) in [6.07, 6.45) is 1.75. The lowest BCUT2D eigenvalue weighted by Gasteiger charge is -2.11. The second-order valence-corrected chi connectivity index (χ2v) is 10.5. The van der Waals surface area contributed by atoms with Crippen molar-refractivity contribution in [1.29, 1.82) is 0 Å². The number of esters is 1. The van der Waals surface area contributed by atoms with Crippen LogP contribution in [0.2, 0.25) is 0 Å². The number of carbonyl (C=O) groups excluding carboxylic acids is 2. The third-order valence-corrected chi connectivity index (χ3v) is 7.47. The van der Waals surface area contributed by atoms with Gasteiger partial charge in [0.1, 0.15) is 22.9 Å². The van der Waals surface area contributed by atoms with Gasteiger partial charge in [-0.05, 0) is 49.6 Å². The van der Waals surface area contributed by atoms with Gasteiger partial charge in [-0.1, -0.05) is 54.2 Å². The molecule has 0 aliphatic carbocycles. The first-order chi connectivity index (χ1) is 18.9. The molecule has 4 aromatic rings. The standard InChI is InChI=1S/C29H30N4O4S2/c1-5-12-33-24(16-37-22-14-19(3)13-20(4)15-22)31-32-29(33)39-18-25(34)30-27-26(28(35)36-6-2)23(17-38-27)21-10-8-7-9-11-21/h5,7-11,13-15,17H,1,6,12,16,18H2,2-4H3,(H,30,34). The van der Waals surface area contributed by atoms with Crippen molar-refractivity contribution in [2.24, 2.45) is 0 Å². The predicted octanol–water partition coefficient (Wildman–Crippen LogP) is 6.30. The minimum atomic E-state index is -0.472. The lowest BCUT2D eigenvalue weighted by Crippen LogP contribution is -2.17. The van der Waals surface area contributed by atoms with Crippen LogP contribution >= 0.6 is 23.1 Å². The summed E-state index contributed by atoms with van der Waals surface area (Å²) in [6, 6.07) is 15.6. The molecule has 4 rings (SSSR count). The highest BCUT2D eigenvalue weighted by Crippen LogP contribution is 2.36. The van der Waals surface area contributed by atoms with Crippen LogP contribution in [-0.2, 0) is 22.7 Å². The van der Waals surface area contributed by atoms with Gasteiger partial charge >= 0.3 is 5.97 Å². The first-order valence-corrected chi connectivity index (χ1v) is 14.3. The van der Waals surface area contributed by atoms with E-state index in [-0.39, 0.29) is 24.9 Å². The SMILES string of the molecule is C=CCn1c(COc2cc(C)cc(C)c2)nnc1SCC(=O)Nc1scc(-c2ccccc2)c1C(=O)OCC. The number of carbonyl (C=O) groups is 2. The topological polar surface area (TPSA) is 95.3 Å². The third kappa shape index (κ3) is 7.15. The van der Waals surface area contributed by atoms with E-state index in [1.165, 1.54) is 23.1 Å². The summed E-state index contributed by atoms with van der Waals surface area (Å²) < 4.78 is 13.1. The summed E-state index contributed by atoms with van der Waals surface area (Å²) in [6.45, 7) is 10.6. The van der Waals surface area contributed by atoms with E-state index in [4.69, 9.17) is 9.47 Å². The van der Waals surface area contributed by atoms with Gasteiger partial charge in [0.2, 0.25) is 5.91 Å². The van der Waals surface area contributed by atoms with E-state index in [1.54, 1.807) is 13.0 Å². The first-order valence-electron chi connectivity index (χ1n) is 12.4. The summed E-state index contributed by atoms with van der Waals surface area (Å²) in [5.74, 6) is 0.728. The average Bonchev–Trinajstić information content (AvgIpc) is 3.50. The van der Waals surface area contributed by atoms with Crippen molar-refractivity contribution >= 4 is 40.0 Å². The highest BCUT2D eigenvalue weighted by molar-refractivity contribution is 7.99. The zero-order valence-corrected chi connectivity index (χ0v) is 23.7. The van der Waals surface area contributed by atoms with Crippen molar-refractivity contribution in [1.82, 2.24) is 14.8 Å². The van der Waals surface area contributed by atoms with Crippen LogP contribution in [0.1, 0.15) is 34.2 Å². The molecule has 0 unspecified atom stereocenters. The number of amides is 1. The number of nitrogens with zero attached hydrogens (tertiary/aromatic N) is 3. The number of rotatable bonds is 12. The zero-order valence-electron chi connectivity index (χ0n) is 22.1. The zero-order chi connectivity index (χ0) is 27.8. The largest absolute Gasteiger partial charge is 0.486 e. The Morgan fingerprint density at radius 3 is 2.56 bits per heavy atom. The molecule has 0 aliphatic rings. The molecule has 39 heavy (non-hydrogen) atoms. The maximum atomic E-state index is 12.9. The molecule has 2 aromatic heterocycles. The Morgan fingerprint density at radius 1 is 1.13 bits per heavy atom. The molecule has 2 heterocycles. The van der Waals surface area contributed by atoms with Crippen LogP contribution in [0.4, 0.5) is 5.00 Å². The molecule has 10 heteroatoms. The molecule has 0 atom stereocenters. The Balaban J connectivity index is 1.45. The molecule has 2 aromatic carbocycles. The molecule has 0 saturated carbocycles. The van der Waals surface area contributed by atoms with Crippen molar-refractivity contribution < 1.29 is 19.1 Å². The van der Waals surface area contributed by atoms with Crippen LogP contribution in [0.25, 0.3) is 11.1 Å². The number of hydrogen-bond donors (Lipinski definition) is 1. The van der Waals surface area contributed by atoms with E-state index < -0.39 is 5.97 Å². The number of hydrogen-bond acceptors (Lipinski definition) is 8. The Labute approximate surface area is 236 Å². The van der Waals surface area contributed by atoms with Gasteiger partial charge in [0.15, 0.2) is 11.0 Å². The minimum absolute atomic E-state index is 0.0774. The molecule has 0 aliphatic heterocycles. The number of ether oxygens (including phenoxy) is 2. The number of anilines is 1. The molecule has 1 N–H and O–H groups in total. The monoisotopic (exact) mass is 562 g/mol. The second kappa shape index (κ2) is 13.3. The molecule has 8 nitrogen and oxygen atoms in total. The van der Waals surface area contributed by atoms with Crippen molar-refractivity contribution in [3.05, 3.63) is 89.1 Å². The number of benzene rings is 2. The number of allylic oxidation sites excluding steroid dienone is 1. The van der Waals surface area contributed by atoms with Crippen molar-refractivity contribution in [3.8, 4) is 16.9 Å². The Morgan fingerprint density at radius 2 is 1.87 bits per heavy atom. The summed E-state index contributed by atoms with van der Waals surface area (Å²) in [4.78, 5) is 25.7. The van der Waals surface area contributed by atoms with Gasteiger partial charge in [-0.2, -0.15) is 0 Å². The minimum Gasteiger partial charge on any atom is -0.486 e. The number of nitrogens with one attached hydrogen (secondary N) is 1. The first kappa shape index (κ1) is 28.1. The van der Waals surface area contributed by atoms with Gasteiger partial charge in [0.05, 0.1) is 12.4 Å². The quantitative estimate of drug-likeness (QED) is 0.123. The lowest BCUT2D eigenvalue weighted by molar-refractivity contribution is -0.113. The number of aryl methyl sites for hydroxylation is 2. The fourth-order valence-electron chi connectivity index (χ4n) is 3.99. The van der Waals surface area contributed by atoms with Gasteiger partial charge < -0.3 is 14.8 Å². The summed E-state index contributed by atoms with van der Waals surface area (Å²) in [5.41, 5.74) is 4.19. The molecule has 0 radical (unpaired) electrons. The summed E-state index contributed by atoms with van der Waals surface area (Å²) >= 11 is 2.54. The fraction of sp³-hybridized carbons (Fsp3) is 0.241. The van der Waals surface area contributed by atoms with Crippen LogP contribution in [0, 0.1) is 13.8 Å². The number of aromatic nitrogens is 3. The van der Waals surface area contributed by atoms with Gasteiger partial charge in [0.25, 0.3) is 0 Å². The summed E-state index contributed by atoms with van der Waals surface area (Å²) in [5, 5.41) is 14.3. The molecule has 0 fully saturated rings. The molecule has 0 bridgehead atoms. The molecule has 1 amide bonds. The highest BCUT2D eigenvalue weighted by atomic mass is 32.2. The van der Waals surface area contributed by atoms with Crippen LogP contribution in [0.15, 0.2) is 71.7 Å². The molecular formula is C29H30N4O4S2. The maximum absolute atomic E-state index is 12.9.